The van der Waals surface area contributed by atoms with Crippen molar-refractivity contribution in [3.05, 3.63) is 87.0 Å². The number of aliphatic imine (C=N–C) groups is 1. The van der Waals surface area contributed by atoms with Crippen LogP contribution < -0.4 is 5.32 Å². The maximum atomic E-state index is 12.4. The Hall–Kier alpha value is -4.18. The summed E-state index contributed by atoms with van der Waals surface area (Å²) in [4.78, 5) is 39.7. The molecule has 0 radical (unpaired) electrons. The molecule has 1 amide bonds. The van der Waals surface area contributed by atoms with E-state index in [2.05, 4.69) is 10.3 Å². The number of benzene rings is 2. The molecule has 2 aromatic carbocycles. The first-order chi connectivity index (χ1) is 15.5. The average molecular weight is 449 g/mol. The number of carbonyl (C=O) groups is 2. The molecule has 9 nitrogen and oxygen atoms in total. The number of thioether (sulfide) groups is 1. The molecule has 0 saturated carbocycles. The average Bonchev–Trinajstić information content (AvgIpc) is 3.40. The first kappa shape index (κ1) is 21.1. The quantitative estimate of drug-likeness (QED) is 0.263. The van der Waals surface area contributed by atoms with Gasteiger partial charge in [0.25, 0.3) is 11.6 Å². The number of hydrogen-bond acceptors (Lipinski definition) is 8. The van der Waals surface area contributed by atoms with Gasteiger partial charge in [-0.3, -0.25) is 14.9 Å². The third kappa shape index (κ3) is 4.30. The largest absolute Gasteiger partial charge is 0.465 e. The lowest BCUT2D eigenvalue weighted by Crippen LogP contribution is -2.19. The van der Waals surface area contributed by atoms with Crippen molar-refractivity contribution in [2.45, 2.75) is 0 Å². The molecule has 0 spiro atoms. The zero-order valence-electron chi connectivity index (χ0n) is 16.6. The maximum Gasteiger partial charge on any atom is 0.340 e. The summed E-state index contributed by atoms with van der Waals surface area (Å²) in [6.45, 7) is 0. The molecule has 0 atom stereocenters. The molecule has 2 heterocycles. The van der Waals surface area contributed by atoms with Crippen LogP contribution in [0.3, 0.4) is 0 Å². The Kier molecular flexibility index (Phi) is 5.86. The first-order valence-electron chi connectivity index (χ1n) is 9.27. The topological polar surface area (TPSA) is 124 Å². The van der Waals surface area contributed by atoms with E-state index >= 15 is 0 Å². The second-order valence-electron chi connectivity index (χ2n) is 6.47. The molecule has 1 saturated heterocycles. The van der Waals surface area contributed by atoms with Crippen LogP contribution in [0.2, 0.25) is 0 Å². The lowest BCUT2D eigenvalue weighted by molar-refractivity contribution is -0.384. The molecular weight excluding hydrogens is 434 g/mol. The normalized spacial score (nSPS) is 15.7. The minimum Gasteiger partial charge on any atom is -0.465 e. The SMILES string of the molecule is COC(=O)c1ccccc1N=C1NC(=O)/C(=C\c2ccc(-c3ccccc3[N+](=O)[O-])o2)S1. The molecule has 1 aliphatic rings. The van der Waals surface area contributed by atoms with Gasteiger partial charge in [-0.1, -0.05) is 24.3 Å². The van der Waals surface area contributed by atoms with Gasteiger partial charge in [-0.25, -0.2) is 9.79 Å². The minimum absolute atomic E-state index is 0.0762. The molecule has 3 aromatic rings. The summed E-state index contributed by atoms with van der Waals surface area (Å²) in [5.41, 5.74) is 0.898. The number of carbonyl (C=O) groups excluding carboxylic acids is 2. The Labute approximate surface area is 185 Å². The van der Waals surface area contributed by atoms with Crippen molar-refractivity contribution < 1.29 is 23.7 Å². The van der Waals surface area contributed by atoms with Gasteiger partial charge in [-0.15, -0.1) is 0 Å². The first-order valence-corrected chi connectivity index (χ1v) is 10.1. The van der Waals surface area contributed by atoms with Crippen LogP contribution in [0.25, 0.3) is 17.4 Å². The second kappa shape index (κ2) is 8.90. The van der Waals surface area contributed by atoms with E-state index in [1.54, 1.807) is 54.6 Å². The molecule has 0 aliphatic carbocycles. The lowest BCUT2D eigenvalue weighted by atomic mass is 10.1. The highest BCUT2D eigenvalue weighted by Gasteiger charge is 2.25. The minimum atomic E-state index is -0.534. The van der Waals surface area contributed by atoms with E-state index in [0.29, 0.717) is 32.8 Å². The summed E-state index contributed by atoms with van der Waals surface area (Å²) in [7, 11) is 1.28. The van der Waals surface area contributed by atoms with E-state index in [0.717, 1.165) is 11.8 Å². The van der Waals surface area contributed by atoms with Gasteiger partial charge in [0.15, 0.2) is 5.17 Å². The van der Waals surface area contributed by atoms with Gasteiger partial charge in [-0.2, -0.15) is 0 Å². The van der Waals surface area contributed by atoms with Crippen LogP contribution >= 0.6 is 11.8 Å². The van der Waals surface area contributed by atoms with Crippen LogP contribution in [-0.2, 0) is 9.53 Å². The summed E-state index contributed by atoms with van der Waals surface area (Å²) in [6.07, 6.45) is 1.52. The smallest absolute Gasteiger partial charge is 0.340 e. The Morgan fingerprint density at radius 2 is 1.91 bits per heavy atom. The highest BCUT2D eigenvalue weighted by Crippen LogP contribution is 2.33. The fraction of sp³-hybridized carbons (Fsp3) is 0.0455. The Balaban J connectivity index is 1.59. The Bertz CT molecular complexity index is 1290. The zero-order valence-corrected chi connectivity index (χ0v) is 17.4. The van der Waals surface area contributed by atoms with Crippen molar-refractivity contribution in [2.75, 3.05) is 7.11 Å². The van der Waals surface area contributed by atoms with E-state index in [1.165, 1.54) is 19.3 Å². The number of rotatable bonds is 5. The van der Waals surface area contributed by atoms with E-state index in [9.17, 15) is 19.7 Å². The molecule has 1 N–H and O–H groups in total. The lowest BCUT2D eigenvalue weighted by Gasteiger charge is -2.03. The number of methoxy groups -OCH3 is 1. The van der Waals surface area contributed by atoms with Gasteiger partial charge in [0.05, 0.1) is 33.8 Å². The molecule has 4 rings (SSSR count). The van der Waals surface area contributed by atoms with E-state index in [1.807, 2.05) is 0 Å². The number of furan rings is 1. The third-order valence-corrected chi connectivity index (χ3v) is 5.36. The molecule has 1 aliphatic heterocycles. The fourth-order valence-corrected chi connectivity index (χ4v) is 3.80. The molecule has 1 fully saturated rings. The molecule has 10 heteroatoms. The van der Waals surface area contributed by atoms with Crippen molar-refractivity contribution in [1.29, 1.82) is 0 Å². The Morgan fingerprint density at radius 3 is 2.69 bits per heavy atom. The number of esters is 1. The highest BCUT2D eigenvalue weighted by atomic mass is 32.2. The van der Waals surface area contributed by atoms with Crippen molar-refractivity contribution >= 4 is 46.3 Å². The molecular formula is C22H15N3O6S. The van der Waals surface area contributed by atoms with Gasteiger partial charge in [-0.05, 0) is 42.1 Å². The van der Waals surface area contributed by atoms with E-state index in [4.69, 9.17) is 9.15 Å². The number of hydrogen-bond donors (Lipinski definition) is 1. The van der Waals surface area contributed by atoms with Crippen molar-refractivity contribution in [3.63, 3.8) is 0 Å². The van der Waals surface area contributed by atoms with Crippen LogP contribution in [0.15, 0.2) is 75.0 Å². The standard InChI is InChI=1S/C22H15N3O6S/c1-30-21(27)14-6-2-4-8-16(14)23-22-24-20(26)19(32-22)12-13-10-11-18(31-13)15-7-3-5-9-17(15)25(28)29/h2-12H,1H3,(H,23,24,26)/b19-12+. The fourth-order valence-electron chi connectivity index (χ4n) is 2.99. The number of nitrogens with one attached hydrogen (secondary N) is 1. The number of amides is 1. The summed E-state index contributed by atoms with van der Waals surface area (Å²) in [5, 5.41) is 14.2. The van der Waals surface area contributed by atoms with Crippen LogP contribution in [0, 0.1) is 10.1 Å². The van der Waals surface area contributed by atoms with Gasteiger partial charge in [0, 0.05) is 12.1 Å². The molecule has 32 heavy (non-hydrogen) atoms. The number of para-hydroxylation sites is 2. The predicted molar refractivity (Wildman–Crippen MR) is 119 cm³/mol. The Morgan fingerprint density at radius 1 is 1.16 bits per heavy atom. The maximum absolute atomic E-state index is 12.4. The van der Waals surface area contributed by atoms with Crippen molar-refractivity contribution in [1.82, 2.24) is 5.32 Å². The number of nitro benzene ring substituents is 1. The summed E-state index contributed by atoms with van der Waals surface area (Å²) in [5.74, 6) is -0.249. The number of nitrogens with zero attached hydrogens (tertiary/aromatic N) is 2. The number of nitro groups is 1. The van der Waals surface area contributed by atoms with E-state index in [-0.39, 0.29) is 17.2 Å². The second-order valence-corrected chi connectivity index (χ2v) is 7.50. The molecule has 0 unspecified atom stereocenters. The van der Waals surface area contributed by atoms with Crippen LogP contribution in [0.4, 0.5) is 11.4 Å². The van der Waals surface area contributed by atoms with Gasteiger partial charge in [0.1, 0.15) is 11.5 Å². The molecule has 0 bridgehead atoms. The van der Waals surface area contributed by atoms with Crippen LogP contribution in [-0.4, -0.2) is 29.1 Å². The van der Waals surface area contributed by atoms with E-state index < -0.39 is 10.9 Å². The van der Waals surface area contributed by atoms with Gasteiger partial charge >= 0.3 is 5.97 Å². The molecule has 1 aromatic heterocycles. The van der Waals surface area contributed by atoms with Crippen LogP contribution in [0.1, 0.15) is 16.1 Å². The van der Waals surface area contributed by atoms with Gasteiger partial charge in [0.2, 0.25) is 0 Å². The summed E-state index contributed by atoms with van der Waals surface area (Å²) in [6, 6.07) is 16.1. The summed E-state index contributed by atoms with van der Waals surface area (Å²) >= 11 is 1.08. The van der Waals surface area contributed by atoms with Crippen molar-refractivity contribution in [3.8, 4) is 11.3 Å². The molecule has 160 valence electrons. The van der Waals surface area contributed by atoms with Crippen molar-refractivity contribution in [2.24, 2.45) is 4.99 Å². The number of amidine groups is 1. The third-order valence-electron chi connectivity index (χ3n) is 4.45. The number of ether oxygens (including phenoxy) is 1. The monoisotopic (exact) mass is 449 g/mol. The highest BCUT2D eigenvalue weighted by molar-refractivity contribution is 8.18. The van der Waals surface area contributed by atoms with Gasteiger partial charge < -0.3 is 14.5 Å². The van der Waals surface area contributed by atoms with Crippen LogP contribution in [0.5, 0.6) is 0 Å². The predicted octanol–water partition coefficient (Wildman–Crippen LogP) is 4.53. The zero-order chi connectivity index (χ0) is 22.7. The summed E-state index contributed by atoms with van der Waals surface area (Å²) < 4.78 is 10.5.